The second-order valence-corrected chi connectivity index (χ2v) is 2.63. The molecule has 6 heteroatoms. The van der Waals surface area contributed by atoms with Crippen molar-refractivity contribution in [2.24, 2.45) is 0 Å². The Morgan fingerprint density at radius 3 is 2.57 bits per heavy atom. The molecule has 0 bridgehead atoms. The maximum atomic E-state index is 11.1. The van der Waals surface area contributed by atoms with Crippen LogP contribution in [0.4, 0.5) is 0 Å². The van der Waals surface area contributed by atoms with E-state index in [-0.39, 0.29) is 11.5 Å². The molecule has 0 saturated heterocycles. The Morgan fingerprint density at radius 1 is 1.50 bits per heavy atom. The molecule has 0 aromatic rings. The molecule has 0 fully saturated rings. The second-order valence-electron chi connectivity index (χ2n) is 2.63. The van der Waals surface area contributed by atoms with E-state index in [4.69, 9.17) is 9.84 Å². The first-order valence-electron chi connectivity index (χ1n) is 3.83. The predicted molar refractivity (Wildman–Crippen MR) is 46.0 cm³/mol. The van der Waals surface area contributed by atoms with Crippen molar-refractivity contribution in [2.75, 3.05) is 6.61 Å². The molecule has 2 atom stereocenters. The van der Waals surface area contributed by atoms with Gasteiger partial charge in [-0.1, -0.05) is 0 Å². The van der Waals surface area contributed by atoms with Gasteiger partial charge in [-0.15, -0.1) is 0 Å². The minimum Gasteiger partial charge on any atom is -0.716 e. The van der Waals surface area contributed by atoms with Crippen molar-refractivity contribution in [3.05, 3.63) is 25.7 Å². The molecular weight excluding hydrogens is 192 g/mol. The van der Waals surface area contributed by atoms with Crippen LogP contribution in [0.25, 0.3) is 0 Å². The molecule has 0 aromatic carbocycles. The Balaban J connectivity index is 2.92. The van der Waals surface area contributed by atoms with Gasteiger partial charge in [-0.25, -0.2) is 4.79 Å². The molecule has 1 aliphatic rings. The molecule has 0 unspecified atom stereocenters. The zero-order chi connectivity index (χ0) is 10.7. The number of rotatable bonds is 4. The van der Waals surface area contributed by atoms with Gasteiger partial charge in [0, 0.05) is 0 Å². The Kier molecular flexibility index (Phi) is 3.32. The molecule has 1 rings (SSSR count). The van der Waals surface area contributed by atoms with Gasteiger partial charge in [0.25, 0.3) is 0 Å². The smallest absolute Gasteiger partial charge is 0.435 e. The number of carbonyl (C=O) groups is 1. The molecule has 0 aromatic heterocycles. The first-order chi connectivity index (χ1) is 6.65. The summed E-state index contributed by atoms with van der Waals surface area (Å²) in [6.45, 7) is -0.540. The molecule has 80 valence electrons. The van der Waals surface area contributed by atoms with Crippen LogP contribution in [0.5, 0.6) is 0 Å². The predicted octanol–water partition coefficient (Wildman–Crippen LogP) is -0.753. The van der Waals surface area contributed by atoms with Crippen molar-refractivity contribution in [3.63, 3.8) is 0 Å². The van der Waals surface area contributed by atoms with Crippen molar-refractivity contribution in [1.82, 2.24) is 0 Å². The Labute approximate surface area is 80.7 Å². The van der Waals surface area contributed by atoms with Crippen LogP contribution in [-0.2, 0) is 9.53 Å². The third kappa shape index (κ3) is 1.66. The summed E-state index contributed by atoms with van der Waals surface area (Å²) in [5.74, 6) is -0.691. The summed E-state index contributed by atoms with van der Waals surface area (Å²) in [5, 5.41) is 18.0. The highest BCUT2D eigenvalue weighted by Gasteiger charge is 2.47. The van der Waals surface area contributed by atoms with E-state index >= 15 is 0 Å². The fourth-order valence-electron chi connectivity index (χ4n) is 1.13. The van der Waals surface area contributed by atoms with E-state index in [1.165, 1.54) is 0 Å². The van der Waals surface area contributed by atoms with Crippen molar-refractivity contribution >= 4 is 5.97 Å². The van der Waals surface area contributed by atoms with E-state index < -0.39 is 24.8 Å². The van der Waals surface area contributed by atoms with Crippen LogP contribution in [0.1, 0.15) is 0 Å². The average Bonchev–Trinajstić information content (AvgIpc) is 2.53. The SMILES string of the molecule is [CH2-][OH+]C1=C([OH+][CH2-])[C@@H]([C@@H](O)CO)OC1=O. The number of hydrogen-bond donors (Lipinski definition) is 2. The molecule has 6 nitrogen and oxygen atoms in total. The average molecular weight is 204 g/mol. The van der Waals surface area contributed by atoms with Gasteiger partial charge in [-0.05, 0) is 14.2 Å². The lowest BCUT2D eigenvalue weighted by atomic mass is 10.2. The van der Waals surface area contributed by atoms with Crippen LogP contribution >= 0.6 is 0 Å². The van der Waals surface area contributed by atoms with Crippen molar-refractivity contribution in [1.29, 1.82) is 0 Å². The largest absolute Gasteiger partial charge is 0.716 e. The highest BCUT2D eigenvalue weighted by Crippen LogP contribution is 2.24. The van der Waals surface area contributed by atoms with E-state index in [0.717, 1.165) is 0 Å². The highest BCUT2D eigenvalue weighted by atomic mass is 16.6. The summed E-state index contributed by atoms with van der Waals surface area (Å²) in [5.41, 5.74) is 0. The van der Waals surface area contributed by atoms with Gasteiger partial charge in [0.15, 0.2) is 0 Å². The monoisotopic (exact) mass is 204 g/mol. The van der Waals surface area contributed by atoms with Crippen molar-refractivity contribution < 1.29 is 29.2 Å². The maximum absolute atomic E-state index is 11.1. The normalized spacial score (nSPS) is 23.4. The quantitative estimate of drug-likeness (QED) is 0.358. The molecule has 1 aliphatic heterocycles. The lowest BCUT2D eigenvalue weighted by Crippen LogP contribution is -2.32. The Bertz CT molecular complexity index is 259. The molecular formula is C8H12O6. The van der Waals surface area contributed by atoms with Crippen LogP contribution in [0, 0.1) is 14.2 Å². The zero-order valence-corrected chi connectivity index (χ0v) is 7.38. The number of ether oxygens (including phenoxy) is 3. The summed E-state index contributed by atoms with van der Waals surface area (Å²) in [6, 6.07) is 0. The van der Waals surface area contributed by atoms with Crippen LogP contribution in [0.2, 0.25) is 0 Å². The van der Waals surface area contributed by atoms with Gasteiger partial charge in [-0.2, -0.15) is 0 Å². The molecule has 0 aliphatic carbocycles. The van der Waals surface area contributed by atoms with Gasteiger partial charge in [-0.3, -0.25) is 0 Å². The number of carbonyl (C=O) groups excluding carboxylic acids is 1. The molecule has 0 saturated carbocycles. The molecule has 1 heterocycles. The minimum atomic E-state index is -1.22. The highest BCUT2D eigenvalue weighted by molar-refractivity contribution is 5.89. The van der Waals surface area contributed by atoms with Crippen molar-refractivity contribution in [2.45, 2.75) is 12.2 Å². The standard InChI is InChI=1S/C8H12O6/c1-12-6-5(4(10)3-9)14-8(11)7(6)13-2/h4-5,9-10,12-13H,1-3H2/t4-,5+/m0/s1. The van der Waals surface area contributed by atoms with Crippen LogP contribution in [0.15, 0.2) is 11.5 Å². The van der Waals surface area contributed by atoms with Gasteiger partial charge < -0.3 is 24.4 Å². The van der Waals surface area contributed by atoms with Gasteiger partial charge in [0.05, 0.1) is 6.61 Å². The summed E-state index contributed by atoms with van der Waals surface area (Å²) >= 11 is 0. The number of cyclic esters (lactones) is 1. The fourth-order valence-corrected chi connectivity index (χ4v) is 1.13. The van der Waals surface area contributed by atoms with Crippen molar-refractivity contribution in [3.8, 4) is 0 Å². The molecule has 4 N–H and O–H groups in total. The number of hydrogen-bond acceptors (Lipinski definition) is 4. The summed E-state index contributed by atoms with van der Waals surface area (Å²) in [7, 11) is 6.39. The van der Waals surface area contributed by atoms with Gasteiger partial charge >= 0.3 is 17.5 Å². The zero-order valence-electron chi connectivity index (χ0n) is 7.38. The third-order valence-corrected chi connectivity index (χ3v) is 1.80. The summed E-state index contributed by atoms with van der Waals surface area (Å²) in [6.07, 6.45) is -2.23. The number of esters is 1. The fraction of sp³-hybridized carbons (Fsp3) is 0.375. The lowest BCUT2D eigenvalue weighted by Gasteiger charge is -2.15. The number of aliphatic hydroxyl groups is 6. The third-order valence-electron chi connectivity index (χ3n) is 1.80. The second kappa shape index (κ2) is 4.30. The van der Waals surface area contributed by atoms with Crippen LogP contribution in [-0.4, -0.2) is 44.5 Å². The minimum absolute atomic E-state index is 0.0718. The van der Waals surface area contributed by atoms with E-state index in [1.807, 2.05) is 0 Å². The Hall–Kier alpha value is -1.27. The van der Waals surface area contributed by atoms with Crippen LogP contribution in [0.3, 0.4) is 0 Å². The molecule has 0 spiro atoms. The lowest BCUT2D eigenvalue weighted by molar-refractivity contribution is -0.150. The molecule has 14 heavy (non-hydrogen) atoms. The topological polar surface area (TPSA) is 92.4 Å². The van der Waals surface area contributed by atoms with E-state index in [9.17, 15) is 9.90 Å². The summed E-state index contributed by atoms with van der Waals surface area (Å²) in [4.78, 5) is 11.1. The van der Waals surface area contributed by atoms with Gasteiger partial charge in [0.2, 0.25) is 6.10 Å². The van der Waals surface area contributed by atoms with E-state index in [2.05, 4.69) is 23.7 Å². The van der Waals surface area contributed by atoms with Gasteiger partial charge in [0.1, 0.15) is 6.10 Å². The maximum Gasteiger partial charge on any atom is 0.435 e. The number of aliphatic hydroxyl groups excluding tert-OH is 2. The molecule has 0 radical (unpaired) electrons. The molecule has 0 amide bonds. The summed E-state index contributed by atoms with van der Waals surface area (Å²) < 4.78 is 11.7. The Morgan fingerprint density at radius 2 is 2.14 bits per heavy atom. The first kappa shape index (κ1) is 10.8. The van der Waals surface area contributed by atoms with Crippen LogP contribution < -0.4 is 0 Å². The van der Waals surface area contributed by atoms with E-state index in [1.54, 1.807) is 0 Å². The first-order valence-corrected chi connectivity index (χ1v) is 3.83. The van der Waals surface area contributed by atoms with E-state index in [0.29, 0.717) is 0 Å².